The number of ether oxygens (including phenoxy) is 1. The molecule has 0 aliphatic carbocycles. The van der Waals surface area contributed by atoms with Crippen molar-refractivity contribution >= 4 is 5.91 Å². The van der Waals surface area contributed by atoms with Crippen molar-refractivity contribution in [3.05, 3.63) is 29.6 Å². The van der Waals surface area contributed by atoms with Crippen LogP contribution in [0.15, 0.2) is 18.2 Å². The lowest BCUT2D eigenvalue weighted by atomic mass is 10.1. The van der Waals surface area contributed by atoms with E-state index in [2.05, 4.69) is 5.32 Å². The third-order valence-electron chi connectivity index (χ3n) is 2.57. The van der Waals surface area contributed by atoms with E-state index in [1.165, 1.54) is 12.1 Å². The number of hydrogen-bond donors (Lipinski definition) is 3. The molecule has 20 heavy (non-hydrogen) atoms. The summed E-state index contributed by atoms with van der Waals surface area (Å²) in [5.74, 6) is -1.05. The van der Waals surface area contributed by atoms with Gasteiger partial charge in [0, 0.05) is 12.6 Å². The summed E-state index contributed by atoms with van der Waals surface area (Å²) in [7, 11) is 0. The van der Waals surface area contributed by atoms with Gasteiger partial charge < -0.3 is 20.9 Å². The Morgan fingerprint density at radius 3 is 2.75 bits per heavy atom. The zero-order valence-corrected chi connectivity index (χ0v) is 11.7. The van der Waals surface area contributed by atoms with E-state index < -0.39 is 17.8 Å². The van der Waals surface area contributed by atoms with Gasteiger partial charge in [-0.2, -0.15) is 0 Å². The predicted octanol–water partition coefficient (Wildman–Crippen LogP) is 0.591. The van der Waals surface area contributed by atoms with Crippen LogP contribution in [-0.2, 0) is 11.2 Å². The van der Waals surface area contributed by atoms with Gasteiger partial charge >= 0.3 is 0 Å². The first kappa shape index (κ1) is 16.4. The Bertz CT molecular complexity index is 452. The predicted molar refractivity (Wildman–Crippen MR) is 73.9 cm³/mol. The van der Waals surface area contributed by atoms with Crippen LogP contribution in [0.4, 0.5) is 4.39 Å². The Morgan fingerprint density at radius 2 is 2.20 bits per heavy atom. The maximum atomic E-state index is 13.7. The Morgan fingerprint density at radius 1 is 1.50 bits per heavy atom. The smallest absolute Gasteiger partial charge is 0.221 e. The molecule has 0 heterocycles. The van der Waals surface area contributed by atoms with E-state index in [1.54, 1.807) is 6.07 Å². The van der Waals surface area contributed by atoms with E-state index >= 15 is 0 Å². The van der Waals surface area contributed by atoms with Crippen molar-refractivity contribution in [2.45, 2.75) is 32.4 Å². The Kier molecular flexibility index (Phi) is 6.41. The molecule has 1 aromatic rings. The Hall–Kier alpha value is -1.66. The molecular weight excluding hydrogens is 263 g/mol. The molecule has 1 aromatic carbocycles. The first-order valence-corrected chi connectivity index (χ1v) is 6.49. The van der Waals surface area contributed by atoms with Crippen LogP contribution in [-0.4, -0.2) is 36.3 Å². The summed E-state index contributed by atoms with van der Waals surface area (Å²) in [6, 6.07) is 4.46. The molecule has 5 nitrogen and oxygen atoms in total. The van der Waals surface area contributed by atoms with Gasteiger partial charge in [0.05, 0.1) is 6.42 Å². The molecule has 1 unspecified atom stereocenters. The molecule has 0 saturated carbocycles. The SMILES string of the molecule is CC(C)NCC(O)COc1ccc(CC(N)=O)cc1F. The van der Waals surface area contributed by atoms with Gasteiger partial charge in [0.2, 0.25) is 5.91 Å². The molecular formula is C14H21FN2O3. The van der Waals surface area contributed by atoms with Crippen LogP contribution < -0.4 is 15.8 Å². The zero-order chi connectivity index (χ0) is 15.1. The molecule has 4 N–H and O–H groups in total. The van der Waals surface area contributed by atoms with Crippen molar-refractivity contribution in [3.8, 4) is 5.75 Å². The quantitative estimate of drug-likeness (QED) is 0.652. The molecule has 0 aromatic heterocycles. The molecule has 0 fully saturated rings. The number of carbonyl (C=O) groups is 1. The fraction of sp³-hybridized carbons (Fsp3) is 0.500. The summed E-state index contributed by atoms with van der Waals surface area (Å²) < 4.78 is 18.9. The number of carbonyl (C=O) groups excluding carboxylic acids is 1. The number of aliphatic hydroxyl groups is 1. The van der Waals surface area contributed by atoms with Crippen molar-refractivity contribution in [3.63, 3.8) is 0 Å². The molecule has 6 heteroatoms. The van der Waals surface area contributed by atoms with Crippen molar-refractivity contribution in [1.82, 2.24) is 5.32 Å². The van der Waals surface area contributed by atoms with Gasteiger partial charge in [-0.3, -0.25) is 4.79 Å². The molecule has 0 radical (unpaired) electrons. The van der Waals surface area contributed by atoms with E-state index in [0.717, 1.165) is 0 Å². The van der Waals surface area contributed by atoms with E-state index in [1.807, 2.05) is 13.8 Å². The number of rotatable bonds is 8. The van der Waals surface area contributed by atoms with E-state index in [9.17, 15) is 14.3 Å². The number of benzene rings is 1. The van der Waals surface area contributed by atoms with E-state index in [0.29, 0.717) is 12.1 Å². The van der Waals surface area contributed by atoms with E-state index in [-0.39, 0.29) is 24.8 Å². The van der Waals surface area contributed by atoms with Crippen LogP contribution in [0, 0.1) is 5.82 Å². The number of nitrogens with two attached hydrogens (primary N) is 1. The van der Waals surface area contributed by atoms with Crippen LogP contribution in [0.1, 0.15) is 19.4 Å². The van der Waals surface area contributed by atoms with Gasteiger partial charge in [-0.1, -0.05) is 19.9 Å². The third kappa shape index (κ3) is 5.99. The molecule has 1 amide bonds. The number of hydrogen-bond acceptors (Lipinski definition) is 4. The highest BCUT2D eigenvalue weighted by Gasteiger charge is 2.10. The summed E-state index contributed by atoms with van der Waals surface area (Å²) in [5, 5.41) is 12.7. The van der Waals surface area contributed by atoms with Crippen molar-refractivity contribution < 1.29 is 19.0 Å². The lowest BCUT2D eigenvalue weighted by Gasteiger charge is -2.15. The first-order valence-electron chi connectivity index (χ1n) is 6.49. The largest absolute Gasteiger partial charge is 0.488 e. The van der Waals surface area contributed by atoms with Gasteiger partial charge in [0.15, 0.2) is 11.6 Å². The zero-order valence-electron chi connectivity index (χ0n) is 11.7. The standard InChI is InChI=1S/C14H21FN2O3/c1-9(2)17-7-11(18)8-20-13-4-3-10(5-12(13)15)6-14(16)19/h3-5,9,11,17-18H,6-8H2,1-2H3,(H2,16,19). The highest BCUT2D eigenvalue weighted by Crippen LogP contribution is 2.18. The summed E-state index contributed by atoms with van der Waals surface area (Å²) in [4.78, 5) is 10.7. The number of primary amides is 1. The number of nitrogens with one attached hydrogen (secondary N) is 1. The average molecular weight is 284 g/mol. The molecule has 0 bridgehead atoms. The highest BCUT2D eigenvalue weighted by molar-refractivity contribution is 5.76. The van der Waals surface area contributed by atoms with Crippen molar-refractivity contribution in [2.24, 2.45) is 5.73 Å². The monoisotopic (exact) mass is 284 g/mol. The summed E-state index contributed by atoms with van der Waals surface area (Å²) >= 11 is 0. The minimum absolute atomic E-state index is 0.00813. The van der Waals surface area contributed by atoms with E-state index in [4.69, 9.17) is 10.5 Å². The Balaban J connectivity index is 2.50. The van der Waals surface area contributed by atoms with Crippen LogP contribution >= 0.6 is 0 Å². The molecule has 0 saturated heterocycles. The molecule has 0 spiro atoms. The van der Waals surface area contributed by atoms with Gasteiger partial charge in [-0.25, -0.2) is 4.39 Å². The topological polar surface area (TPSA) is 84.6 Å². The summed E-state index contributed by atoms with van der Waals surface area (Å²) in [6.45, 7) is 4.29. The van der Waals surface area contributed by atoms with Gasteiger partial charge in [-0.15, -0.1) is 0 Å². The second-order valence-electron chi connectivity index (χ2n) is 4.94. The van der Waals surface area contributed by atoms with Crippen LogP contribution in [0.5, 0.6) is 5.75 Å². The lowest BCUT2D eigenvalue weighted by molar-refractivity contribution is -0.117. The summed E-state index contributed by atoms with van der Waals surface area (Å²) in [6.07, 6.45) is -0.736. The molecule has 112 valence electrons. The maximum Gasteiger partial charge on any atom is 0.221 e. The highest BCUT2D eigenvalue weighted by atomic mass is 19.1. The number of aliphatic hydroxyl groups excluding tert-OH is 1. The molecule has 1 atom stereocenters. The number of halogens is 1. The normalized spacial score (nSPS) is 12.4. The molecule has 1 rings (SSSR count). The minimum atomic E-state index is -0.720. The third-order valence-corrected chi connectivity index (χ3v) is 2.57. The molecule has 0 aliphatic heterocycles. The van der Waals surface area contributed by atoms with Crippen LogP contribution in [0.25, 0.3) is 0 Å². The average Bonchev–Trinajstić information content (AvgIpc) is 2.34. The van der Waals surface area contributed by atoms with Gasteiger partial charge in [0.1, 0.15) is 12.7 Å². The lowest BCUT2D eigenvalue weighted by Crippen LogP contribution is -2.35. The Labute approximate surface area is 117 Å². The molecule has 0 aliphatic rings. The van der Waals surface area contributed by atoms with Crippen molar-refractivity contribution in [1.29, 1.82) is 0 Å². The van der Waals surface area contributed by atoms with Crippen LogP contribution in [0.2, 0.25) is 0 Å². The van der Waals surface area contributed by atoms with Crippen molar-refractivity contribution in [2.75, 3.05) is 13.2 Å². The summed E-state index contributed by atoms with van der Waals surface area (Å²) in [5.41, 5.74) is 5.53. The fourth-order valence-corrected chi connectivity index (χ4v) is 1.59. The first-order chi connectivity index (χ1) is 9.38. The van der Waals surface area contributed by atoms with Crippen LogP contribution in [0.3, 0.4) is 0 Å². The van der Waals surface area contributed by atoms with Gasteiger partial charge in [0.25, 0.3) is 0 Å². The fourth-order valence-electron chi connectivity index (χ4n) is 1.59. The van der Waals surface area contributed by atoms with Gasteiger partial charge in [-0.05, 0) is 17.7 Å². The number of amides is 1. The second kappa shape index (κ2) is 7.81. The minimum Gasteiger partial charge on any atom is -0.488 e. The maximum absolute atomic E-state index is 13.7. The second-order valence-corrected chi connectivity index (χ2v) is 4.94.